The molecule has 2 aliphatic rings. The van der Waals surface area contributed by atoms with Gasteiger partial charge in [0, 0.05) is 37.9 Å². The van der Waals surface area contributed by atoms with Crippen LogP contribution in [0.1, 0.15) is 89.2 Å². The van der Waals surface area contributed by atoms with Crippen molar-refractivity contribution in [1.29, 1.82) is 0 Å². The number of hydrogen-bond acceptors (Lipinski definition) is 17. The number of nitrogens with two attached hydrogens (primary N) is 8. The lowest BCUT2D eigenvalue weighted by atomic mass is 10.1. The summed E-state index contributed by atoms with van der Waals surface area (Å²) in [6, 6.07) is -8.52. The molecule has 0 aromatic carbocycles. The highest BCUT2D eigenvalue weighted by atomic mass is 16.3. The summed E-state index contributed by atoms with van der Waals surface area (Å²) >= 11 is 0. The van der Waals surface area contributed by atoms with Gasteiger partial charge in [0.05, 0.1) is 25.0 Å². The molecule has 29 heteroatoms. The van der Waals surface area contributed by atoms with Gasteiger partial charge < -0.3 is 98.1 Å². The summed E-state index contributed by atoms with van der Waals surface area (Å²) in [5.74, 6) is -7.40. The monoisotopic (exact) mass is 1050 g/mol. The number of aliphatic imine (C=N–C) groups is 1. The molecule has 1 aliphatic heterocycles. The number of aromatic amines is 1. The fourth-order valence-corrected chi connectivity index (χ4v) is 8.01. The third kappa shape index (κ3) is 21.0. The molecule has 0 radical (unpaired) electrons. The molecule has 25 N–H and O–H groups in total. The van der Waals surface area contributed by atoms with Gasteiger partial charge in [-0.2, -0.15) is 0 Å². The van der Waals surface area contributed by atoms with Gasteiger partial charge in [0.15, 0.2) is 5.96 Å². The van der Waals surface area contributed by atoms with Crippen molar-refractivity contribution in [2.75, 3.05) is 45.8 Å². The molecule has 29 nitrogen and oxygen atoms in total. The summed E-state index contributed by atoms with van der Waals surface area (Å²) in [6.07, 6.45) is 7.20. The van der Waals surface area contributed by atoms with Crippen LogP contribution in [0, 0.1) is 5.92 Å². The molecule has 1 saturated carbocycles. The van der Waals surface area contributed by atoms with Gasteiger partial charge >= 0.3 is 0 Å². The average Bonchev–Trinajstić information content (AvgIpc) is 3.84. The molecule has 414 valence electrons. The Labute approximate surface area is 429 Å². The maximum absolute atomic E-state index is 14.2. The highest BCUT2D eigenvalue weighted by Gasteiger charge is 2.42. The number of aliphatic hydroxyl groups is 1. The van der Waals surface area contributed by atoms with Crippen LogP contribution in [0.4, 0.5) is 0 Å². The van der Waals surface area contributed by atoms with Crippen LogP contribution in [0.2, 0.25) is 0 Å². The van der Waals surface area contributed by atoms with E-state index in [4.69, 9.17) is 45.9 Å². The first kappa shape index (κ1) is 61.5. The van der Waals surface area contributed by atoms with E-state index in [0.29, 0.717) is 63.7 Å². The molecule has 1 aliphatic carbocycles. The first-order chi connectivity index (χ1) is 35.3. The normalized spacial score (nSPS) is 17.2. The standard InChI is InChI=1S/C45H79N19O10/c46-15-3-1-8-27(50)38(68)63-36(33(65)21-49)43(73)62-35(25-13-14-25)42(72)56-23-34(66)58-30(10-5-17-48)44(74)64-19-7-12-32(64)41(71)61-31(20-26-22-54-24-57-26)40(70)60-29(9-2-4-16-47)39(69)59-28(37(51)67)11-6-18-55-45(52)53/h11,22,24-25,27,29-33,35-36,65H,1-10,12-21,23,46-50H2,(H2,51,67)(H,54,57)(H,56,72)(H,58,66)(H,59,69)(H,60,70)(H,61,71)(H,62,73)(H,63,68)(H4,52,53,55)/b28-11-/t27-,29-,30+,31-,32-,33-,35?,36-/m0/s1. The van der Waals surface area contributed by atoms with E-state index in [0.717, 1.165) is 0 Å². The maximum Gasteiger partial charge on any atom is 0.264 e. The van der Waals surface area contributed by atoms with E-state index in [1.54, 1.807) is 0 Å². The van der Waals surface area contributed by atoms with E-state index in [-0.39, 0.29) is 82.2 Å². The van der Waals surface area contributed by atoms with Crippen LogP contribution in [-0.2, 0) is 49.6 Å². The second-order valence-corrected chi connectivity index (χ2v) is 18.2. The zero-order chi connectivity index (χ0) is 54.7. The number of primary amides is 1. The number of amides is 9. The molecule has 2 heterocycles. The number of nitrogens with zero attached hydrogens (tertiary/aromatic N) is 3. The Kier molecular flexibility index (Phi) is 26.9. The number of imidazole rings is 1. The number of likely N-dealkylation sites (tertiary alicyclic amines) is 1. The molecule has 8 atom stereocenters. The molecule has 1 aromatic heterocycles. The Hall–Kier alpha value is -6.79. The third-order valence-electron chi connectivity index (χ3n) is 12.3. The quantitative estimate of drug-likeness (QED) is 0.0130. The van der Waals surface area contributed by atoms with Crippen molar-refractivity contribution in [2.24, 2.45) is 56.8 Å². The summed E-state index contributed by atoms with van der Waals surface area (Å²) < 4.78 is 0. The van der Waals surface area contributed by atoms with E-state index < -0.39 is 115 Å². The van der Waals surface area contributed by atoms with Gasteiger partial charge in [-0.3, -0.25) is 48.1 Å². The fourth-order valence-electron chi connectivity index (χ4n) is 8.01. The largest absolute Gasteiger partial charge is 0.389 e. The number of carbonyl (C=O) groups excluding carboxylic acids is 9. The van der Waals surface area contributed by atoms with Crippen LogP contribution >= 0.6 is 0 Å². The Morgan fingerprint density at radius 2 is 1.45 bits per heavy atom. The van der Waals surface area contributed by atoms with Crippen molar-refractivity contribution in [1.82, 2.24) is 52.1 Å². The smallest absolute Gasteiger partial charge is 0.264 e. The number of hydrogen-bond donors (Lipinski definition) is 17. The SMILES string of the molecule is NCCCC[C@H](NC(=O)[C@H](Cc1cnc[nH]1)NC(=O)[C@@H]1CCCN1C(=O)[C@@H](CCCN)NC(=O)CNC(=O)C(NC(=O)[C@@H](NC(=O)[C@@H](N)CCCCN)[C@@H](O)CN)C1CC1)C(=O)N/C(=C\CCN=C(N)N)C(N)=O. The molecule has 0 bridgehead atoms. The number of aliphatic hydroxyl groups excluding tert-OH is 1. The number of unbranched alkanes of at least 4 members (excludes halogenated alkanes) is 2. The molecule has 1 aromatic rings. The predicted molar refractivity (Wildman–Crippen MR) is 270 cm³/mol. The van der Waals surface area contributed by atoms with Gasteiger partial charge in [-0.25, -0.2) is 4.98 Å². The highest BCUT2D eigenvalue weighted by molar-refractivity contribution is 6.00. The van der Waals surface area contributed by atoms with Crippen molar-refractivity contribution < 1.29 is 48.3 Å². The molecule has 3 rings (SSSR count). The molecular formula is C45H79N19O10. The van der Waals surface area contributed by atoms with Gasteiger partial charge in [-0.1, -0.05) is 12.5 Å². The van der Waals surface area contributed by atoms with E-state index in [2.05, 4.69) is 52.2 Å². The predicted octanol–water partition coefficient (Wildman–Crippen LogP) is -7.31. The van der Waals surface area contributed by atoms with E-state index >= 15 is 0 Å². The van der Waals surface area contributed by atoms with Crippen molar-refractivity contribution in [3.05, 3.63) is 30.0 Å². The van der Waals surface area contributed by atoms with Crippen molar-refractivity contribution in [3.8, 4) is 0 Å². The third-order valence-corrected chi connectivity index (χ3v) is 12.3. The number of aromatic nitrogens is 2. The van der Waals surface area contributed by atoms with Crippen LogP contribution in [0.3, 0.4) is 0 Å². The van der Waals surface area contributed by atoms with Crippen molar-refractivity contribution >= 4 is 59.1 Å². The summed E-state index contributed by atoms with van der Waals surface area (Å²) in [5, 5.41) is 28.6. The second kappa shape index (κ2) is 32.4. The fraction of sp³-hybridized carbons (Fsp3) is 0.667. The highest BCUT2D eigenvalue weighted by Crippen LogP contribution is 2.33. The van der Waals surface area contributed by atoms with E-state index in [1.165, 1.54) is 23.5 Å². The summed E-state index contributed by atoms with van der Waals surface area (Å²) in [4.78, 5) is 134. The number of guanidine groups is 1. The lowest BCUT2D eigenvalue weighted by Gasteiger charge is -2.30. The minimum Gasteiger partial charge on any atom is -0.389 e. The summed E-state index contributed by atoms with van der Waals surface area (Å²) in [7, 11) is 0. The molecule has 1 saturated heterocycles. The minimum absolute atomic E-state index is 0.0647. The van der Waals surface area contributed by atoms with Gasteiger partial charge in [-0.15, -0.1) is 0 Å². The number of nitrogens with one attached hydrogen (secondary N) is 8. The maximum atomic E-state index is 14.2. The van der Waals surface area contributed by atoms with Crippen LogP contribution < -0.4 is 83.1 Å². The first-order valence-corrected chi connectivity index (χ1v) is 25.0. The van der Waals surface area contributed by atoms with Gasteiger partial charge in [0.2, 0.25) is 47.3 Å². The second-order valence-electron chi connectivity index (χ2n) is 18.2. The van der Waals surface area contributed by atoms with Gasteiger partial charge in [0.25, 0.3) is 5.91 Å². The molecule has 0 spiro atoms. The zero-order valence-electron chi connectivity index (χ0n) is 41.9. The van der Waals surface area contributed by atoms with E-state index in [1.807, 2.05) is 0 Å². The van der Waals surface area contributed by atoms with Crippen molar-refractivity contribution in [3.63, 3.8) is 0 Å². The van der Waals surface area contributed by atoms with Gasteiger partial charge in [-0.05, 0) is 103 Å². The Morgan fingerprint density at radius 3 is 2.05 bits per heavy atom. The lowest BCUT2D eigenvalue weighted by molar-refractivity contribution is -0.142. The molecule has 74 heavy (non-hydrogen) atoms. The van der Waals surface area contributed by atoms with Gasteiger partial charge in [0.1, 0.15) is 41.9 Å². The number of H-pyrrole nitrogens is 1. The Balaban J connectivity index is 1.73. The molecule has 9 amide bonds. The topological polar surface area (TPSA) is 511 Å². The first-order valence-electron chi connectivity index (χ1n) is 25.0. The Morgan fingerprint density at radius 1 is 0.770 bits per heavy atom. The average molecular weight is 1050 g/mol. The minimum atomic E-state index is -1.54. The van der Waals surface area contributed by atoms with Crippen molar-refractivity contribution in [2.45, 2.75) is 138 Å². The zero-order valence-corrected chi connectivity index (χ0v) is 41.9. The number of rotatable bonds is 35. The molecule has 1 unspecified atom stereocenters. The molecular weight excluding hydrogens is 967 g/mol. The van der Waals surface area contributed by atoms with Crippen LogP contribution in [0.15, 0.2) is 29.3 Å². The number of carbonyl (C=O) groups is 9. The summed E-state index contributed by atoms with van der Waals surface area (Å²) in [6.45, 7) is 0.0554. The van der Waals surface area contributed by atoms with Crippen LogP contribution in [0.5, 0.6) is 0 Å². The van der Waals surface area contributed by atoms with E-state index in [9.17, 15) is 48.3 Å². The summed E-state index contributed by atoms with van der Waals surface area (Å²) in [5.41, 5.74) is 45.1. The Bertz CT molecular complexity index is 2080. The lowest BCUT2D eigenvalue weighted by Crippen LogP contribution is -2.61. The molecule has 2 fully saturated rings. The van der Waals surface area contributed by atoms with Crippen LogP contribution in [0.25, 0.3) is 0 Å². The van der Waals surface area contributed by atoms with Crippen LogP contribution in [-0.4, -0.2) is 173 Å².